The lowest BCUT2D eigenvalue weighted by atomic mass is 10.2. The van der Waals surface area contributed by atoms with Gasteiger partial charge in [-0.3, -0.25) is 5.43 Å². The molecular formula is C19H23N3O3S. The van der Waals surface area contributed by atoms with Crippen molar-refractivity contribution < 1.29 is 14.2 Å². The zero-order chi connectivity index (χ0) is 18.8. The number of methoxy groups -OCH3 is 2. The minimum absolute atomic E-state index is 0.379. The van der Waals surface area contributed by atoms with Gasteiger partial charge in [0.2, 0.25) is 0 Å². The van der Waals surface area contributed by atoms with Gasteiger partial charge in [-0.25, -0.2) is 0 Å². The first-order chi connectivity index (χ1) is 12.7. The monoisotopic (exact) mass is 373 g/mol. The minimum atomic E-state index is 0.379. The van der Waals surface area contributed by atoms with Gasteiger partial charge in [-0.2, -0.15) is 5.10 Å². The Bertz CT molecular complexity index is 765. The molecule has 26 heavy (non-hydrogen) atoms. The molecule has 0 heterocycles. The van der Waals surface area contributed by atoms with Crippen LogP contribution in [0.5, 0.6) is 17.2 Å². The van der Waals surface area contributed by atoms with Crippen molar-refractivity contribution in [2.24, 2.45) is 5.10 Å². The number of benzene rings is 2. The molecule has 0 bridgehead atoms. The zero-order valence-corrected chi connectivity index (χ0v) is 15.9. The number of ether oxygens (including phenoxy) is 3. The second kappa shape index (κ2) is 10.2. The molecule has 0 unspecified atom stereocenters. The predicted molar refractivity (Wildman–Crippen MR) is 109 cm³/mol. The number of rotatable bonds is 8. The molecule has 0 spiro atoms. The Labute approximate surface area is 159 Å². The summed E-state index contributed by atoms with van der Waals surface area (Å²) < 4.78 is 16.2. The molecular weight excluding hydrogens is 350 g/mol. The molecule has 0 saturated heterocycles. The molecule has 6 nitrogen and oxygen atoms in total. The summed E-state index contributed by atoms with van der Waals surface area (Å²) in [5.41, 5.74) is 4.46. The fraction of sp³-hybridized carbons (Fsp3) is 0.263. The molecule has 0 aliphatic heterocycles. The number of anilines is 1. The van der Waals surface area contributed by atoms with Gasteiger partial charge in [-0.15, -0.1) is 0 Å². The van der Waals surface area contributed by atoms with E-state index in [1.54, 1.807) is 20.4 Å². The maximum absolute atomic E-state index is 5.63. The van der Waals surface area contributed by atoms with Crippen LogP contribution in [0.2, 0.25) is 0 Å². The second-order valence-electron chi connectivity index (χ2n) is 5.31. The van der Waals surface area contributed by atoms with Gasteiger partial charge >= 0.3 is 0 Å². The number of hydrogen-bond acceptors (Lipinski definition) is 5. The van der Waals surface area contributed by atoms with Crippen molar-refractivity contribution in [2.45, 2.75) is 13.3 Å². The Morgan fingerprint density at radius 1 is 1.12 bits per heavy atom. The summed E-state index contributed by atoms with van der Waals surface area (Å²) in [5.74, 6) is 2.13. The van der Waals surface area contributed by atoms with E-state index in [4.69, 9.17) is 26.4 Å². The van der Waals surface area contributed by atoms with Gasteiger partial charge in [-0.05, 0) is 54.5 Å². The first-order valence-electron chi connectivity index (χ1n) is 8.21. The summed E-state index contributed by atoms with van der Waals surface area (Å²) in [6, 6.07) is 13.1. The van der Waals surface area contributed by atoms with Crippen molar-refractivity contribution in [3.63, 3.8) is 0 Å². The van der Waals surface area contributed by atoms with Gasteiger partial charge in [-0.1, -0.05) is 13.0 Å². The van der Waals surface area contributed by atoms with Crippen molar-refractivity contribution in [1.29, 1.82) is 0 Å². The van der Waals surface area contributed by atoms with Crippen LogP contribution < -0.4 is 25.0 Å². The van der Waals surface area contributed by atoms with Gasteiger partial charge in [0.1, 0.15) is 5.75 Å². The van der Waals surface area contributed by atoms with Crippen molar-refractivity contribution in [2.75, 3.05) is 26.1 Å². The van der Waals surface area contributed by atoms with E-state index in [9.17, 15) is 0 Å². The summed E-state index contributed by atoms with van der Waals surface area (Å²) in [6.07, 6.45) is 2.60. The number of nitrogens with zero attached hydrogens (tertiary/aromatic N) is 1. The third-order valence-corrected chi connectivity index (χ3v) is 3.55. The Kier molecular flexibility index (Phi) is 7.70. The molecule has 7 heteroatoms. The normalized spacial score (nSPS) is 10.4. The van der Waals surface area contributed by atoms with E-state index in [1.807, 2.05) is 42.5 Å². The van der Waals surface area contributed by atoms with Crippen LogP contribution in [0, 0.1) is 0 Å². The number of thiocarbonyl (C=S) groups is 1. The predicted octanol–water partition coefficient (Wildman–Crippen LogP) is 3.81. The quantitative estimate of drug-likeness (QED) is 0.417. The molecule has 2 aromatic rings. The van der Waals surface area contributed by atoms with Gasteiger partial charge in [0, 0.05) is 11.8 Å². The maximum Gasteiger partial charge on any atom is 0.191 e. The third-order valence-electron chi connectivity index (χ3n) is 3.36. The van der Waals surface area contributed by atoms with Gasteiger partial charge in [0.15, 0.2) is 16.6 Å². The van der Waals surface area contributed by atoms with E-state index in [0.717, 1.165) is 29.2 Å². The third kappa shape index (κ3) is 5.93. The molecule has 0 aliphatic rings. The largest absolute Gasteiger partial charge is 0.497 e. The van der Waals surface area contributed by atoms with Crippen LogP contribution in [0.4, 0.5) is 5.69 Å². The standard InChI is InChI=1S/C19H23N3O3S/c1-4-10-25-17-9-8-14(11-18(17)24-3)13-20-22-19(26)21-15-6-5-7-16(12-15)23-2/h5-9,11-13H,4,10H2,1-3H3,(H2,21,22,26)/b20-13+. The van der Waals surface area contributed by atoms with Gasteiger partial charge < -0.3 is 19.5 Å². The zero-order valence-electron chi connectivity index (χ0n) is 15.1. The maximum atomic E-state index is 5.63. The molecule has 138 valence electrons. The molecule has 2 aromatic carbocycles. The van der Waals surface area contributed by atoms with Crippen LogP contribution in [-0.4, -0.2) is 32.2 Å². The Morgan fingerprint density at radius 2 is 1.96 bits per heavy atom. The first-order valence-corrected chi connectivity index (χ1v) is 8.62. The molecule has 0 fully saturated rings. The van der Waals surface area contributed by atoms with E-state index in [-0.39, 0.29) is 0 Å². The lowest BCUT2D eigenvalue weighted by Crippen LogP contribution is -2.23. The number of nitrogens with one attached hydrogen (secondary N) is 2. The molecule has 0 aliphatic carbocycles. The lowest BCUT2D eigenvalue weighted by Gasteiger charge is -2.10. The topological polar surface area (TPSA) is 64.1 Å². The molecule has 2 N–H and O–H groups in total. The van der Waals surface area contributed by atoms with Crippen molar-refractivity contribution in [3.05, 3.63) is 48.0 Å². The molecule has 0 amide bonds. The smallest absolute Gasteiger partial charge is 0.191 e. The fourth-order valence-electron chi connectivity index (χ4n) is 2.12. The Morgan fingerprint density at radius 3 is 2.69 bits per heavy atom. The van der Waals surface area contributed by atoms with Crippen LogP contribution in [0.25, 0.3) is 0 Å². The van der Waals surface area contributed by atoms with Crippen LogP contribution in [0.3, 0.4) is 0 Å². The molecule has 0 radical (unpaired) electrons. The number of hydrogen-bond donors (Lipinski definition) is 2. The van der Waals surface area contributed by atoms with Crippen molar-refractivity contribution >= 4 is 29.2 Å². The van der Waals surface area contributed by atoms with Crippen molar-refractivity contribution in [3.8, 4) is 17.2 Å². The van der Waals surface area contributed by atoms with Crippen LogP contribution in [0.15, 0.2) is 47.6 Å². The van der Waals surface area contributed by atoms with E-state index < -0.39 is 0 Å². The van der Waals surface area contributed by atoms with E-state index in [1.165, 1.54) is 0 Å². The number of hydrazone groups is 1. The molecule has 0 atom stereocenters. The lowest BCUT2D eigenvalue weighted by molar-refractivity contribution is 0.294. The Hall–Kier alpha value is -2.80. The first kappa shape index (κ1) is 19.5. The fourth-order valence-corrected chi connectivity index (χ4v) is 2.29. The summed E-state index contributed by atoms with van der Waals surface area (Å²) in [4.78, 5) is 0. The minimum Gasteiger partial charge on any atom is -0.497 e. The second-order valence-corrected chi connectivity index (χ2v) is 5.72. The van der Waals surface area contributed by atoms with Gasteiger partial charge in [0.25, 0.3) is 0 Å². The summed E-state index contributed by atoms with van der Waals surface area (Å²) in [6.45, 7) is 2.71. The van der Waals surface area contributed by atoms with Crippen molar-refractivity contribution in [1.82, 2.24) is 5.43 Å². The highest BCUT2D eigenvalue weighted by atomic mass is 32.1. The highest BCUT2D eigenvalue weighted by Gasteiger charge is 2.04. The molecule has 0 saturated carbocycles. The average Bonchev–Trinajstić information content (AvgIpc) is 2.66. The summed E-state index contributed by atoms with van der Waals surface area (Å²) in [7, 11) is 3.23. The highest BCUT2D eigenvalue weighted by Crippen LogP contribution is 2.27. The summed E-state index contributed by atoms with van der Waals surface area (Å²) in [5, 5.41) is 7.56. The molecule has 2 rings (SSSR count). The van der Waals surface area contributed by atoms with E-state index >= 15 is 0 Å². The Balaban J connectivity index is 1.93. The average molecular weight is 373 g/mol. The van der Waals surface area contributed by atoms with Crippen LogP contribution >= 0.6 is 12.2 Å². The van der Waals surface area contributed by atoms with E-state index in [0.29, 0.717) is 17.5 Å². The van der Waals surface area contributed by atoms with Crippen LogP contribution in [0.1, 0.15) is 18.9 Å². The molecule has 0 aromatic heterocycles. The van der Waals surface area contributed by atoms with E-state index in [2.05, 4.69) is 22.8 Å². The summed E-state index contributed by atoms with van der Waals surface area (Å²) >= 11 is 5.23. The SMILES string of the molecule is CCCOc1ccc(/C=N/NC(=S)Nc2cccc(OC)c2)cc1OC. The van der Waals surface area contributed by atoms with Crippen LogP contribution in [-0.2, 0) is 0 Å². The highest BCUT2D eigenvalue weighted by molar-refractivity contribution is 7.80. The van der Waals surface area contributed by atoms with Gasteiger partial charge in [0.05, 0.1) is 27.0 Å².